The molecule has 104 valence electrons. The van der Waals surface area contributed by atoms with Gasteiger partial charge in [0.15, 0.2) is 0 Å². The Kier molecular flexibility index (Phi) is 4.37. The molecule has 2 N–H and O–H groups in total. The van der Waals surface area contributed by atoms with E-state index in [0.717, 1.165) is 0 Å². The summed E-state index contributed by atoms with van der Waals surface area (Å²) in [6.45, 7) is 2.85. The van der Waals surface area contributed by atoms with Crippen LogP contribution in [0.5, 0.6) is 5.75 Å². The molecule has 0 aliphatic heterocycles. The van der Waals surface area contributed by atoms with E-state index in [-0.39, 0.29) is 0 Å². The molecule has 0 spiro atoms. The molecule has 2 amide bonds. The number of carbonyl (C=O) groups is 2. The van der Waals surface area contributed by atoms with Crippen molar-refractivity contribution in [3.63, 3.8) is 0 Å². The van der Waals surface area contributed by atoms with Crippen molar-refractivity contribution in [2.24, 2.45) is 0 Å². The highest BCUT2D eigenvalue weighted by Gasteiger charge is 2.30. The normalized spacial score (nSPS) is 10.7. The summed E-state index contributed by atoms with van der Waals surface area (Å²) in [6, 6.07) is 6.43. The average Bonchev–Trinajstić information content (AvgIpc) is 2.37. The van der Waals surface area contributed by atoms with Crippen molar-refractivity contribution in [3.05, 3.63) is 24.3 Å². The van der Waals surface area contributed by atoms with Crippen LogP contribution in [-0.4, -0.2) is 36.8 Å². The molecule has 19 heavy (non-hydrogen) atoms. The van der Waals surface area contributed by atoms with Crippen LogP contribution in [-0.2, 0) is 4.79 Å². The first-order chi connectivity index (χ1) is 8.77. The highest BCUT2D eigenvalue weighted by molar-refractivity contribution is 5.95. The molecular formula is C13H18N2O4. The van der Waals surface area contributed by atoms with Gasteiger partial charge in [0.2, 0.25) is 0 Å². The number of carboxylic acids is 1. The second-order valence-corrected chi connectivity index (χ2v) is 4.62. The Hall–Kier alpha value is -2.24. The van der Waals surface area contributed by atoms with Crippen molar-refractivity contribution in [1.29, 1.82) is 0 Å². The molecule has 0 saturated heterocycles. The lowest BCUT2D eigenvalue weighted by Crippen LogP contribution is -2.53. The topological polar surface area (TPSA) is 78.9 Å². The number of carboxylic acid groups (broad SMARTS) is 1. The first-order valence-corrected chi connectivity index (χ1v) is 5.71. The largest absolute Gasteiger partial charge is 0.497 e. The minimum absolute atomic E-state index is 0.499. The van der Waals surface area contributed by atoms with Gasteiger partial charge in [0.1, 0.15) is 11.3 Å². The lowest BCUT2D eigenvalue weighted by Gasteiger charge is -2.25. The van der Waals surface area contributed by atoms with Crippen LogP contribution in [0.25, 0.3) is 0 Å². The molecular weight excluding hydrogens is 248 g/mol. The summed E-state index contributed by atoms with van der Waals surface area (Å²) in [5.74, 6) is -0.477. The Bertz CT molecular complexity index is 485. The fourth-order valence-electron chi connectivity index (χ4n) is 1.34. The first-order valence-electron chi connectivity index (χ1n) is 5.71. The predicted octanol–water partition coefficient (Wildman–Crippen LogP) is 1.70. The maximum Gasteiger partial charge on any atom is 0.328 e. The highest BCUT2D eigenvalue weighted by Crippen LogP contribution is 2.20. The first kappa shape index (κ1) is 14.8. The molecule has 0 radical (unpaired) electrons. The third kappa shape index (κ3) is 3.61. The molecule has 1 rings (SSSR count). The number of anilines is 1. The lowest BCUT2D eigenvalue weighted by molar-refractivity contribution is -0.142. The van der Waals surface area contributed by atoms with E-state index in [1.54, 1.807) is 31.3 Å². The van der Waals surface area contributed by atoms with Gasteiger partial charge in [-0.05, 0) is 26.0 Å². The molecule has 0 aliphatic rings. The Morgan fingerprint density at radius 3 is 2.53 bits per heavy atom. The Labute approximate surface area is 112 Å². The van der Waals surface area contributed by atoms with Crippen LogP contribution in [0.4, 0.5) is 10.5 Å². The van der Waals surface area contributed by atoms with E-state index in [4.69, 9.17) is 9.84 Å². The smallest absolute Gasteiger partial charge is 0.328 e. The van der Waals surface area contributed by atoms with Gasteiger partial charge in [0.05, 0.1) is 7.11 Å². The van der Waals surface area contributed by atoms with Gasteiger partial charge in [-0.15, -0.1) is 0 Å². The minimum Gasteiger partial charge on any atom is -0.497 e. The molecule has 0 atom stereocenters. The summed E-state index contributed by atoms with van der Waals surface area (Å²) >= 11 is 0. The quantitative estimate of drug-likeness (QED) is 0.869. The number of benzene rings is 1. The van der Waals surface area contributed by atoms with Crippen LogP contribution in [0, 0.1) is 0 Å². The zero-order chi connectivity index (χ0) is 14.6. The molecule has 0 aromatic heterocycles. The van der Waals surface area contributed by atoms with Gasteiger partial charge in [0, 0.05) is 18.8 Å². The van der Waals surface area contributed by atoms with Crippen LogP contribution in [0.15, 0.2) is 24.3 Å². The predicted molar refractivity (Wildman–Crippen MR) is 71.6 cm³/mol. The maximum absolute atomic E-state index is 12.0. The Morgan fingerprint density at radius 1 is 1.37 bits per heavy atom. The fourth-order valence-corrected chi connectivity index (χ4v) is 1.34. The van der Waals surface area contributed by atoms with Crippen molar-refractivity contribution in [1.82, 2.24) is 5.32 Å². The number of hydrogen-bond acceptors (Lipinski definition) is 3. The lowest BCUT2D eigenvalue weighted by atomic mass is 10.1. The second kappa shape index (κ2) is 5.60. The Morgan fingerprint density at radius 2 is 2.00 bits per heavy atom. The molecule has 0 saturated carbocycles. The maximum atomic E-state index is 12.0. The van der Waals surface area contributed by atoms with E-state index in [2.05, 4.69) is 5.32 Å². The van der Waals surface area contributed by atoms with E-state index >= 15 is 0 Å². The summed E-state index contributed by atoms with van der Waals surface area (Å²) in [7, 11) is 3.09. The monoisotopic (exact) mass is 266 g/mol. The van der Waals surface area contributed by atoms with Crippen molar-refractivity contribution < 1.29 is 19.4 Å². The third-order valence-electron chi connectivity index (χ3n) is 2.70. The third-order valence-corrected chi connectivity index (χ3v) is 2.70. The van der Waals surface area contributed by atoms with E-state index in [0.29, 0.717) is 11.4 Å². The van der Waals surface area contributed by atoms with Crippen LogP contribution >= 0.6 is 0 Å². The minimum atomic E-state index is -1.33. The van der Waals surface area contributed by atoms with E-state index < -0.39 is 17.5 Å². The van der Waals surface area contributed by atoms with Gasteiger partial charge < -0.3 is 15.2 Å². The summed E-state index contributed by atoms with van der Waals surface area (Å²) < 4.78 is 5.07. The van der Waals surface area contributed by atoms with E-state index in [9.17, 15) is 9.59 Å². The van der Waals surface area contributed by atoms with Crippen molar-refractivity contribution in [2.75, 3.05) is 19.1 Å². The molecule has 6 nitrogen and oxygen atoms in total. The van der Waals surface area contributed by atoms with Crippen LogP contribution in [0.3, 0.4) is 0 Å². The Balaban J connectivity index is 2.85. The number of nitrogens with zero attached hydrogens (tertiary/aromatic N) is 1. The highest BCUT2D eigenvalue weighted by atomic mass is 16.5. The SMILES string of the molecule is COc1cccc(N(C)C(=O)NC(C)(C)C(=O)O)c1. The molecule has 6 heteroatoms. The molecule has 1 aromatic rings. The molecule has 1 aromatic carbocycles. The van der Waals surface area contributed by atoms with Crippen molar-refractivity contribution in [3.8, 4) is 5.75 Å². The number of hydrogen-bond donors (Lipinski definition) is 2. The van der Waals surface area contributed by atoms with Crippen LogP contribution in [0.1, 0.15) is 13.8 Å². The second-order valence-electron chi connectivity index (χ2n) is 4.62. The number of urea groups is 1. The van der Waals surface area contributed by atoms with Gasteiger partial charge in [0.25, 0.3) is 0 Å². The van der Waals surface area contributed by atoms with Crippen LogP contribution < -0.4 is 15.0 Å². The number of amides is 2. The number of nitrogens with one attached hydrogen (secondary N) is 1. The van der Waals surface area contributed by atoms with E-state index in [1.165, 1.54) is 25.9 Å². The summed E-state index contributed by atoms with van der Waals surface area (Å²) in [5.41, 5.74) is -0.720. The molecule has 0 unspecified atom stereocenters. The standard InChI is InChI=1S/C13H18N2O4/c1-13(2,11(16)17)14-12(18)15(3)9-6-5-7-10(8-9)19-4/h5-8H,1-4H3,(H,14,18)(H,16,17). The average molecular weight is 266 g/mol. The van der Waals surface area contributed by atoms with E-state index in [1.807, 2.05) is 0 Å². The zero-order valence-corrected chi connectivity index (χ0v) is 11.4. The molecule has 0 heterocycles. The summed E-state index contributed by atoms with van der Waals surface area (Å²) in [4.78, 5) is 24.3. The van der Waals surface area contributed by atoms with Gasteiger partial charge in [-0.1, -0.05) is 6.07 Å². The number of carbonyl (C=O) groups excluding carboxylic acids is 1. The van der Waals surface area contributed by atoms with Crippen molar-refractivity contribution >= 4 is 17.7 Å². The molecule has 0 bridgehead atoms. The fraction of sp³-hybridized carbons (Fsp3) is 0.385. The van der Waals surface area contributed by atoms with Gasteiger partial charge >= 0.3 is 12.0 Å². The van der Waals surface area contributed by atoms with Gasteiger partial charge in [-0.2, -0.15) is 0 Å². The van der Waals surface area contributed by atoms with Crippen LogP contribution in [0.2, 0.25) is 0 Å². The number of methoxy groups -OCH3 is 1. The van der Waals surface area contributed by atoms with Gasteiger partial charge in [-0.3, -0.25) is 4.90 Å². The van der Waals surface area contributed by atoms with Gasteiger partial charge in [-0.25, -0.2) is 9.59 Å². The number of aliphatic carboxylic acids is 1. The summed E-state index contributed by atoms with van der Waals surface area (Å²) in [5, 5.41) is 11.4. The number of ether oxygens (including phenoxy) is 1. The molecule has 0 fully saturated rings. The zero-order valence-electron chi connectivity index (χ0n) is 11.4. The number of rotatable bonds is 4. The summed E-state index contributed by atoms with van der Waals surface area (Å²) in [6.07, 6.45) is 0. The molecule has 0 aliphatic carbocycles. The van der Waals surface area contributed by atoms with Crippen molar-refractivity contribution in [2.45, 2.75) is 19.4 Å².